The average Bonchev–Trinajstić information content (AvgIpc) is 2.98. The van der Waals surface area contributed by atoms with E-state index in [1.165, 1.54) is 24.1 Å². The van der Waals surface area contributed by atoms with Crippen molar-refractivity contribution in [2.24, 2.45) is 5.92 Å². The van der Waals surface area contributed by atoms with Crippen LogP contribution in [0.5, 0.6) is 0 Å². The second-order valence-corrected chi connectivity index (χ2v) is 13.9. The molecule has 46 heavy (non-hydrogen) atoms. The number of nitrogen functional groups attached to an aromatic ring is 1. The third-order valence-electron chi connectivity index (χ3n) is 7.11. The standard InChI is InChI=1S/C31H40N6O6S2.ClH/c1-18(2)31(41)44-27(20(4)37(17-38)16-22-15-33-21(5)34-30(22)32)14-26(39)29(40)19(3)35-45(42,43)28-13-9-10-23-24(28)11-8-12-25(23)36(6)7;/h8-13,15,17-19,26,35,39H,14,16H2,1-7H3,(H2,32,33,34);1H. The second kappa shape index (κ2) is 16.3. The van der Waals surface area contributed by atoms with Crippen molar-refractivity contribution in [3.05, 3.63) is 64.6 Å². The van der Waals surface area contributed by atoms with Crippen LogP contribution in [0.15, 0.2) is 58.1 Å². The van der Waals surface area contributed by atoms with Gasteiger partial charge in [-0.15, -0.1) is 12.4 Å². The summed E-state index contributed by atoms with van der Waals surface area (Å²) in [5.41, 5.74) is 7.62. The number of carbonyl (C=O) groups excluding carboxylic acids is 3. The van der Waals surface area contributed by atoms with Crippen molar-refractivity contribution >= 4 is 73.8 Å². The number of aliphatic hydroxyl groups is 1. The normalized spacial score (nSPS) is 13.4. The smallest absolute Gasteiger partial charge is 0.241 e. The highest BCUT2D eigenvalue weighted by Crippen LogP contribution is 2.32. The predicted molar refractivity (Wildman–Crippen MR) is 184 cm³/mol. The van der Waals surface area contributed by atoms with Crippen molar-refractivity contribution in [3.63, 3.8) is 0 Å². The second-order valence-electron chi connectivity index (χ2n) is 11.1. The Bertz CT molecular complexity index is 1730. The van der Waals surface area contributed by atoms with Crippen LogP contribution < -0.4 is 15.4 Å². The zero-order valence-electron chi connectivity index (χ0n) is 26.8. The van der Waals surface area contributed by atoms with E-state index < -0.39 is 28.0 Å². The molecule has 1 heterocycles. The number of amides is 1. The highest BCUT2D eigenvalue weighted by Gasteiger charge is 2.30. The van der Waals surface area contributed by atoms with E-state index in [1.807, 2.05) is 31.1 Å². The molecular weight excluding hydrogens is 652 g/mol. The number of fused-ring (bicyclic) bond motifs is 1. The number of nitrogens with zero attached hydrogens (tertiary/aromatic N) is 4. The van der Waals surface area contributed by atoms with Crippen molar-refractivity contribution in [2.45, 2.75) is 64.6 Å². The van der Waals surface area contributed by atoms with E-state index >= 15 is 0 Å². The molecule has 15 heteroatoms. The largest absolute Gasteiger partial charge is 0.385 e. The quantitative estimate of drug-likeness (QED) is 0.210. The number of thioether (sulfide) groups is 1. The number of benzene rings is 2. The Morgan fingerprint density at radius 3 is 2.33 bits per heavy atom. The van der Waals surface area contributed by atoms with Crippen LogP contribution in [-0.4, -0.2) is 71.9 Å². The molecule has 0 aliphatic carbocycles. The average molecular weight is 693 g/mol. The Labute approximate surface area is 280 Å². The van der Waals surface area contributed by atoms with Gasteiger partial charge < -0.3 is 20.6 Å². The number of nitrogens with two attached hydrogens (primary N) is 1. The van der Waals surface area contributed by atoms with Gasteiger partial charge in [-0.25, -0.2) is 23.1 Å². The monoisotopic (exact) mass is 692 g/mol. The molecule has 2 aromatic carbocycles. The fourth-order valence-electron chi connectivity index (χ4n) is 4.52. The van der Waals surface area contributed by atoms with Crippen LogP contribution >= 0.6 is 24.2 Å². The van der Waals surface area contributed by atoms with Gasteiger partial charge in [0.1, 0.15) is 17.7 Å². The molecular formula is C31H41ClN6O6S2. The third kappa shape index (κ3) is 9.26. The molecule has 0 saturated heterocycles. The van der Waals surface area contributed by atoms with Crippen molar-refractivity contribution in [1.29, 1.82) is 0 Å². The Morgan fingerprint density at radius 2 is 1.74 bits per heavy atom. The first-order chi connectivity index (χ1) is 21.1. The summed E-state index contributed by atoms with van der Waals surface area (Å²) in [7, 11) is -0.480. The lowest BCUT2D eigenvalue weighted by molar-refractivity contribution is -0.128. The number of carbonyl (C=O) groups is 3. The van der Waals surface area contributed by atoms with Gasteiger partial charge in [-0.1, -0.05) is 49.9 Å². The molecule has 0 aliphatic heterocycles. The molecule has 0 saturated carbocycles. The molecule has 0 fully saturated rings. The summed E-state index contributed by atoms with van der Waals surface area (Å²) in [6, 6.07) is 8.91. The van der Waals surface area contributed by atoms with Gasteiger partial charge in [0.15, 0.2) is 10.9 Å². The maximum Gasteiger partial charge on any atom is 0.241 e. The molecule has 0 spiro atoms. The lowest BCUT2D eigenvalue weighted by Gasteiger charge is -2.24. The molecule has 4 N–H and O–H groups in total. The first-order valence-corrected chi connectivity index (χ1v) is 16.5. The number of ketones is 1. The number of anilines is 2. The Balaban J connectivity index is 0.00000736. The lowest BCUT2D eigenvalue weighted by Crippen LogP contribution is -2.43. The molecule has 12 nitrogen and oxygen atoms in total. The van der Waals surface area contributed by atoms with Gasteiger partial charge >= 0.3 is 0 Å². The maximum atomic E-state index is 13.5. The highest BCUT2D eigenvalue weighted by molar-refractivity contribution is 8.17. The summed E-state index contributed by atoms with van der Waals surface area (Å²) in [6.07, 6.45) is 0.0298. The molecule has 3 rings (SSSR count). The number of sulfonamides is 1. The Kier molecular flexibility index (Phi) is 13.7. The van der Waals surface area contributed by atoms with Crippen LogP contribution in [0.4, 0.5) is 11.5 Å². The summed E-state index contributed by atoms with van der Waals surface area (Å²) in [5, 5.41) is 12.0. The van der Waals surface area contributed by atoms with Crippen LogP contribution in [0.1, 0.15) is 45.5 Å². The minimum Gasteiger partial charge on any atom is -0.385 e. The van der Waals surface area contributed by atoms with Crippen LogP contribution in [0.25, 0.3) is 10.8 Å². The van der Waals surface area contributed by atoms with Gasteiger partial charge in [0.2, 0.25) is 16.4 Å². The number of Topliss-reactive ketones (excluding diaryl/α,β-unsaturated/α-hetero) is 1. The Morgan fingerprint density at radius 1 is 1.11 bits per heavy atom. The minimum atomic E-state index is -4.19. The first-order valence-electron chi connectivity index (χ1n) is 14.2. The van der Waals surface area contributed by atoms with Crippen molar-refractivity contribution in [3.8, 4) is 0 Å². The maximum absolute atomic E-state index is 13.5. The number of rotatable bonds is 14. The first kappa shape index (κ1) is 38.6. The van der Waals surface area contributed by atoms with E-state index in [2.05, 4.69) is 14.7 Å². The molecule has 3 aromatic rings. The van der Waals surface area contributed by atoms with Gasteiger partial charge in [-0.05, 0) is 32.9 Å². The van der Waals surface area contributed by atoms with Crippen molar-refractivity contribution in [1.82, 2.24) is 19.6 Å². The van der Waals surface area contributed by atoms with Gasteiger partial charge in [0.05, 0.1) is 17.5 Å². The minimum absolute atomic E-state index is 0. The summed E-state index contributed by atoms with van der Waals surface area (Å²) < 4.78 is 29.4. The van der Waals surface area contributed by atoms with Crippen molar-refractivity contribution in [2.75, 3.05) is 24.7 Å². The van der Waals surface area contributed by atoms with Gasteiger partial charge in [0.25, 0.3) is 0 Å². The van der Waals surface area contributed by atoms with Crippen LogP contribution in [0, 0.1) is 12.8 Å². The molecule has 0 aliphatic rings. The predicted octanol–water partition coefficient (Wildman–Crippen LogP) is 3.80. The fraction of sp³-hybridized carbons (Fsp3) is 0.387. The molecule has 0 radical (unpaired) electrons. The Hall–Kier alpha value is -3.56. The molecule has 1 aromatic heterocycles. The molecule has 1 amide bonds. The van der Waals surface area contributed by atoms with E-state index in [0.29, 0.717) is 28.9 Å². The lowest BCUT2D eigenvalue weighted by atomic mass is 10.1. The number of nitrogens with one attached hydrogen (secondary N) is 1. The number of aliphatic hydroxyl groups excluding tert-OH is 1. The van der Waals surface area contributed by atoms with Crippen LogP contribution in [0.3, 0.4) is 0 Å². The number of halogens is 1. The third-order valence-corrected chi connectivity index (χ3v) is 10.1. The number of aromatic nitrogens is 2. The number of aryl methyl sites for hydroxylation is 1. The summed E-state index contributed by atoms with van der Waals surface area (Å²) in [6.45, 7) is 8.01. The highest BCUT2D eigenvalue weighted by atomic mass is 35.5. The van der Waals surface area contributed by atoms with Crippen molar-refractivity contribution < 1.29 is 27.9 Å². The van der Waals surface area contributed by atoms with Gasteiger partial charge in [-0.2, -0.15) is 0 Å². The zero-order chi connectivity index (χ0) is 33.6. The fourth-order valence-corrected chi connectivity index (χ4v) is 6.94. The van der Waals surface area contributed by atoms with E-state index in [4.69, 9.17) is 5.73 Å². The molecule has 0 bridgehead atoms. The van der Waals surface area contributed by atoms with Gasteiger partial charge in [-0.3, -0.25) is 14.4 Å². The summed E-state index contributed by atoms with van der Waals surface area (Å²) >= 11 is 0.817. The zero-order valence-corrected chi connectivity index (χ0v) is 29.3. The van der Waals surface area contributed by atoms with E-state index in [1.54, 1.807) is 45.9 Å². The summed E-state index contributed by atoms with van der Waals surface area (Å²) in [4.78, 5) is 49.9. The van der Waals surface area contributed by atoms with Gasteiger partial charge in [0, 0.05) is 65.3 Å². The summed E-state index contributed by atoms with van der Waals surface area (Å²) in [5.74, 6) is -0.527. The number of hydrogen-bond acceptors (Lipinski definition) is 11. The molecule has 2 atom stereocenters. The number of allylic oxidation sites excluding steroid dienone is 1. The SMILES string of the molecule is CC(=C(CC(O)C(=O)C(C)NS(=O)(=O)c1cccc2c(N(C)C)cccc12)SC(=O)C(C)C)N(C=O)Cc1cnc(C)nc1N.Cl. The molecule has 250 valence electrons. The topological polar surface area (TPSA) is 176 Å². The van der Waals surface area contributed by atoms with E-state index in [0.717, 1.165) is 22.8 Å². The number of hydrogen-bond donors (Lipinski definition) is 3. The van der Waals surface area contributed by atoms with Crippen LogP contribution in [0.2, 0.25) is 0 Å². The van der Waals surface area contributed by atoms with E-state index in [9.17, 15) is 27.9 Å². The molecule has 2 unspecified atom stereocenters. The van der Waals surface area contributed by atoms with E-state index in [-0.39, 0.29) is 52.0 Å². The van der Waals surface area contributed by atoms with Crippen LogP contribution in [-0.2, 0) is 31.0 Å².